The fraction of sp³-hybridized carbons (Fsp3) is 0.429. The number of benzene rings is 2. The van der Waals surface area contributed by atoms with Gasteiger partial charge in [0.2, 0.25) is 0 Å². The SMILES string of the molecule is CC(C)/C=C/SC(=N)N(CCC(C)C)Cc1ccc(COc2ccc(CCC(=O)O)cc2)cc1. The summed E-state index contributed by atoms with van der Waals surface area (Å²) in [5.41, 5.74) is 3.25. The fourth-order valence-electron chi connectivity index (χ4n) is 3.13. The first-order valence-electron chi connectivity index (χ1n) is 11.9. The Bertz CT molecular complexity index is 922. The second-order valence-electron chi connectivity index (χ2n) is 9.24. The van der Waals surface area contributed by atoms with Crippen molar-refractivity contribution in [2.24, 2.45) is 11.8 Å². The van der Waals surface area contributed by atoms with E-state index >= 15 is 0 Å². The minimum absolute atomic E-state index is 0.133. The van der Waals surface area contributed by atoms with Gasteiger partial charge >= 0.3 is 5.97 Å². The normalized spacial score (nSPS) is 11.4. The lowest BCUT2D eigenvalue weighted by molar-refractivity contribution is -0.136. The van der Waals surface area contributed by atoms with Crippen molar-refractivity contribution < 1.29 is 14.6 Å². The minimum atomic E-state index is -0.787. The molecule has 184 valence electrons. The Morgan fingerprint density at radius 1 is 1.03 bits per heavy atom. The van der Waals surface area contributed by atoms with E-state index in [1.807, 2.05) is 29.7 Å². The van der Waals surface area contributed by atoms with Crippen molar-refractivity contribution in [2.75, 3.05) is 6.54 Å². The van der Waals surface area contributed by atoms with Crippen LogP contribution in [0.4, 0.5) is 0 Å². The third kappa shape index (κ3) is 10.9. The number of nitrogens with zero attached hydrogens (tertiary/aromatic N) is 1. The zero-order valence-corrected chi connectivity index (χ0v) is 21.6. The first-order chi connectivity index (χ1) is 16.2. The molecule has 0 saturated carbocycles. The van der Waals surface area contributed by atoms with Crippen molar-refractivity contribution in [3.05, 3.63) is 76.7 Å². The second-order valence-corrected chi connectivity index (χ2v) is 10.1. The zero-order chi connectivity index (χ0) is 24.9. The summed E-state index contributed by atoms with van der Waals surface area (Å²) in [5, 5.41) is 19.9. The third-order valence-electron chi connectivity index (χ3n) is 5.26. The van der Waals surface area contributed by atoms with Gasteiger partial charge in [0, 0.05) is 19.5 Å². The molecule has 0 aliphatic heterocycles. The molecule has 0 unspecified atom stereocenters. The Hall–Kier alpha value is -2.73. The number of allylic oxidation sites excluding steroid dienone is 1. The molecule has 2 N–H and O–H groups in total. The second kappa shape index (κ2) is 14.5. The number of hydrogen-bond acceptors (Lipinski definition) is 4. The summed E-state index contributed by atoms with van der Waals surface area (Å²) in [6.07, 6.45) is 3.83. The number of ether oxygens (including phenoxy) is 1. The average molecular weight is 483 g/mol. The van der Waals surface area contributed by atoms with Gasteiger partial charge in [-0.05, 0) is 58.9 Å². The van der Waals surface area contributed by atoms with Gasteiger partial charge < -0.3 is 14.7 Å². The number of hydrogen-bond donors (Lipinski definition) is 2. The maximum absolute atomic E-state index is 10.7. The van der Waals surface area contributed by atoms with Crippen LogP contribution in [0, 0.1) is 17.2 Å². The van der Waals surface area contributed by atoms with Crippen LogP contribution in [-0.4, -0.2) is 27.7 Å². The minimum Gasteiger partial charge on any atom is -0.489 e. The van der Waals surface area contributed by atoms with Gasteiger partial charge in [-0.3, -0.25) is 10.2 Å². The van der Waals surface area contributed by atoms with Crippen LogP contribution in [-0.2, 0) is 24.4 Å². The Morgan fingerprint density at radius 2 is 1.65 bits per heavy atom. The molecule has 0 spiro atoms. The van der Waals surface area contributed by atoms with Gasteiger partial charge in [-0.15, -0.1) is 0 Å². The van der Waals surface area contributed by atoms with Gasteiger partial charge in [0.05, 0.1) is 0 Å². The van der Waals surface area contributed by atoms with Crippen LogP contribution >= 0.6 is 11.8 Å². The van der Waals surface area contributed by atoms with E-state index in [1.165, 1.54) is 17.3 Å². The van der Waals surface area contributed by atoms with Crippen molar-refractivity contribution in [3.8, 4) is 5.75 Å². The number of aliphatic carboxylic acids is 1. The predicted octanol–water partition coefficient (Wildman–Crippen LogP) is 6.97. The highest BCUT2D eigenvalue weighted by atomic mass is 32.2. The molecule has 34 heavy (non-hydrogen) atoms. The molecule has 0 radical (unpaired) electrons. The lowest BCUT2D eigenvalue weighted by Crippen LogP contribution is -2.29. The number of carboxylic acids is 1. The number of rotatable bonds is 13. The van der Waals surface area contributed by atoms with Crippen LogP contribution in [0.5, 0.6) is 5.75 Å². The third-order valence-corrected chi connectivity index (χ3v) is 6.03. The van der Waals surface area contributed by atoms with Crippen molar-refractivity contribution in [3.63, 3.8) is 0 Å². The molecule has 0 bridgehead atoms. The molecule has 0 aliphatic carbocycles. The van der Waals surface area contributed by atoms with Crippen molar-refractivity contribution in [2.45, 2.75) is 60.1 Å². The van der Waals surface area contributed by atoms with E-state index in [0.29, 0.717) is 36.6 Å². The van der Waals surface area contributed by atoms with Gasteiger partial charge in [0.25, 0.3) is 0 Å². The van der Waals surface area contributed by atoms with Crippen LogP contribution in [0.2, 0.25) is 0 Å². The van der Waals surface area contributed by atoms with Crippen LogP contribution in [0.1, 0.15) is 57.2 Å². The molecule has 0 fully saturated rings. The first-order valence-corrected chi connectivity index (χ1v) is 12.8. The maximum Gasteiger partial charge on any atom is 0.303 e. The lowest BCUT2D eigenvalue weighted by Gasteiger charge is -2.25. The highest BCUT2D eigenvalue weighted by Crippen LogP contribution is 2.18. The molecular formula is C28H38N2O3S. The Kier molecular flexibility index (Phi) is 11.7. The Balaban J connectivity index is 1.91. The number of amidine groups is 1. The van der Waals surface area contributed by atoms with Crippen LogP contribution in [0.3, 0.4) is 0 Å². The highest BCUT2D eigenvalue weighted by molar-refractivity contribution is 8.16. The predicted molar refractivity (Wildman–Crippen MR) is 142 cm³/mol. The van der Waals surface area contributed by atoms with Crippen molar-refractivity contribution >= 4 is 22.9 Å². The molecule has 5 nitrogen and oxygen atoms in total. The van der Waals surface area contributed by atoms with E-state index < -0.39 is 5.97 Å². The largest absolute Gasteiger partial charge is 0.489 e. The zero-order valence-electron chi connectivity index (χ0n) is 20.8. The molecule has 6 heteroatoms. The Morgan fingerprint density at radius 3 is 2.24 bits per heavy atom. The molecule has 2 aromatic rings. The smallest absolute Gasteiger partial charge is 0.303 e. The molecule has 0 aromatic heterocycles. The van der Waals surface area contributed by atoms with Gasteiger partial charge in [-0.2, -0.15) is 0 Å². The van der Waals surface area contributed by atoms with E-state index in [2.05, 4.69) is 62.9 Å². The molecule has 0 atom stereocenters. The van der Waals surface area contributed by atoms with Crippen LogP contribution in [0.25, 0.3) is 0 Å². The molecule has 0 saturated heterocycles. The van der Waals surface area contributed by atoms with Crippen LogP contribution in [0.15, 0.2) is 60.0 Å². The van der Waals surface area contributed by atoms with E-state index in [1.54, 1.807) is 0 Å². The first kappa shape index (κ1) is 27.5. The van der Waals surface area contributed by atoms with E-state index in [0.717, 1.165) is 29.8 Å². The van der Waals surface area contributed by atoms with Crippen molar-refractivity contribution in [1.29, 1.82) is 5.41 Å². The van der Waals surface area contributed by atoms with E-state index in [4.69, 9.17) is 15.3 Å². The lowest BCUT2D eigenvalue weighted by atomic mass is 10.1. The number of carboxylic acid groups (broad SMARTS) is 1. The number of aryl methyl sites for hydroxylation is 1. The highest BCUT2D eigenvalue weighted by Gasteiger charge is 2.11. The molecule has 0 heterocycles. The molecule has 2 aromatic carbocycles. The average Bonchev–Trinajstić information content (AvgIpc) is 2.80. The Labute approximate surface area is 208 Å². The van der Waals surface area contributed by atoms with Gasteiger partial charge in [-0.25, -0.2) is 0 Å². The molecule has 2 rings (SSSR count). The molecule has 0 amide bonds. The van der Waals surface area contributed by atoms with Crippen LogP contribution < -0.4 is 4.74 Å². The number of carbonyl (C=O) groups is 1. The monoisotopic (exact) mass is 482 g/mol. The number of thioether (sulfide) groups is 1. The summed E-state index contributed by atoms with van der Waals surface area (Å²) < 4.78 is 5.89. The maximum atomic E-state index is 10.7. The standard InChI is InChI=1S/C28H38N2O3S/c1-21(2)15-17-30(28(29)34-18-16-22(3)4)19-24-5-7-25(8-6-24)20-33-26-12-9-23(10-13-26)11-14-27(31)32/h5-10,12-13,16,18,21-22,29H,11,14-15,17,19-20H2,1-4H3,(H,31,32)/b18-16+,29-28?. The van der Waals surface area contributed by atoms with Gasteiger partial charge in [0.15, 0.2) is 5.17 Å². The van der Waals surface area contributed by atoms with Gasteiger partial charge in [0.1, 0.15) is 12.4 Å². The van der Waals surface area contributed by atoms with Crippen molar-refractivity contribution in [1.82, 2.24) is 4.90 Å². The summed E-state index contributed by atoms with van der Waals surface area (Å²) in [7, 11) is 0. The summed E-state index contributed by atoms with van der Waals surface area (Å²) in [5.74, 6) is 1.06. The number of nitrogens with one attached hydrogen (secondary N) is 1. The summed E-state index contributed by atoms with van der Waals surface area (Å²) >= 11 is 1.48. The quantitative estimate of drug-likeness (QED) is 0.238. The van der Waals surface area contributed by atoms with E-state index in [9.17, 15) is 4.79 Å². The topological polar surface area (TPSA) is 73.6 Å². The van der Waals surface area contributed by atoms with E-state index in [-0.39, 0.29) is 6.42 Å². The summed E-state index contributed by atoms with van der Waals surface area (Å²) in [6.45, 7) is 10.8. The van der Waals surface area contributed by atoms with Gasteiger partial charge in [-0.1, -0.05) is 81.9 Å². The molecule has 0 aliphatic rings. The summed E-state index contributed by atoms with van der Waals surface area (Å²) in [4.78, 5) is 12.8. The summed E-state index contributed by atoms with van der Waals surface area (Å²) in [6, 6.07) is 16.0. The fourth-order valence-corrected chi connectivity index (χ4v) is 3.96. The molecular weight excluding hydrogens is 444 g/mol.